The maximum Gasteiger partial charge on any atom is 0.249 e. The van der Waals surface area contributed by atoms with Crippen molar-refractivity contribution in [2.75, 3.05) is 6.61 Å². The van der Waals surface area contributed by atoms with E-state index < -0.39 is 5.82 Å². The highest BCUT2D eigenvalue weighted by atomic mass is 19.3. The monoisotopic (exact) mass is 244 g/mol. The van der Waals surface area contributed by atoms with Gasteiger partial charge in [-0.3, -0.25) is 4.68 Å². The lowest BCUT2D eigenvalue weighted by Gasteiger charge is -2.11. The van der Waals surface area contributed by atoms with Crippen LogP contribution in [0.15, 0.2) is 6.20 Å². The average Bonchev–Trinajstić information content (AvgIpc) is 2.61. The molecule has 1 aromatic heterocycles. The van der Waals surface area contributed by atoms with Crippen molar-refractivity contribution in [1.82, 2.24) is 9.78 Å². The van der Waals surface area contributed by atoms with Crippen LogP contribution in [0.25, 0.3) is 0 Å². The lowest BCUT2D eigenvalue weighted by Crippen LogP contribution is -2.17. The Hall–Kier alpha value is -0.905. The average molecular weight is 244 g/mol. The standard InChI is InChI=1S/C11H19BF2N2O/c1-7(2)9-5-16(4-8(3)6-17)15-10(9)11(12,13)14/h5,7-8,17H,4,6,12H2,1-3H3. The summed E-state index contributed by atoms with van der Waals surface area (Å²) in [6, 6.07) is 0. The van der Waals surface area contributed by atoms with Crippen LogP contribution < -0.4 is 0 Å². The Kier molecular flexibility index (Phi) is 4.30. The first-order chi connectivity index (χ1) is 7.75. The number of hydrogen-bond donors (Lipinski definition) is 1. The Morgan fingerprint density at radius 3 is 2.41 bits per heavy atom. The molecule has 0 amide bonds. The molecule has 0 aliphatic carbocycles. The Balaban J connectivity index is 3.04. The zero-order chi connectivity index (χ0) is 13.2. The summed E-state index contributed by atoms with van der Waals surface area (Å²) in [5.41, 5.74) is 0.417. The van der Waals surface area contributed by atoms with Gasteiger partial charge in [-0.1, -0.05) is 20.8 Å². The molecule has 0 saturated carbocycles. The SMILES string of the molecule is BC(F)(F)c1nn(CC(C)CO)cc1C(C)C. The largest absolute Gasteiger partial charge is 0.396 e. The normalized spacial score (nSPS) is 14.3. The molecule has 1 aromatic rings. The minimum Gasteiger partial charge on any atom is -0.396 e. The van der Waals surface area contributed by atoms with E-state index in [4.69, 9.17) is 5.11 Å². The minimum absolute atomic E-state index is 0.00763. The van der Waals surface area contributed by atoms with E-state index in [9.17, 15) is 8.78 Å². The van der Waals surface area contributed by atoms with Gasteiger partial charge in [0.05, 0.1) is 0 Å². The fourth-order valence-electron chi connectivity index (χ4n) is 1.67. The Morgan fingerprint density at radius 1 is 1.47 bits per heavy atom. The number of alkyl halides is 2. The van der Waals surface area contributed by atoms with Crippen molar-refractivity contribution < 1.29 is 13.9 Å². The second-order valence-electron chi connectivity index (χ2n) is 4.99. The molecule has 0 saturated heterocycles. The molecule has 0 spiro atoms. The number of aliphatic hydroxyl groups excluding tert-OH is 1. The smallest absolute Gasteiger partial charge is 0.249 e. The molecule has 17 heavy (non-hydrogen) atoms. The Bertz CT molecular complexity index is 374. The van der Waals surface area contributed by atoms with E-state index in [-0.39, 0.29) is 24.1 Å². The van der Waals surface area contributed by atoms with Crippen molar-refractivity contribution in [2.24, 2.45) is 5.92 Å². The number of aliphatic hydroxyl groups is 1. The van der Waals surface area contributed by atoms with Gasteiger partial charge in [-0.25, -0.2) is 8.78 Å². The quantitative estimate of drug-likeness (QED) is 0.793. The predicted molar refractivity (Wildman–Crippen MR) is 65.0 cm³/mol. The molecule has 1 rings (SSSR count). The molecule has 6 heteroatoms. The molecule has 0 aliphatic rings. The molecule has 0 aromatic carbocycles. The van der Waals surface area contributed by atoms with E-state index in [0.29, 0.717) is 12.1 Å². The van der Waals surface area contributed by atoms with Gasteiger partial charge in [-0.2, -0.15) is 5.10 Å². The summed E-state index contributed by atoms with van der Waals surface area (Å²) < 4.78 is 28.3. The molecule has 0 radical (unpaired) electrons. The second-order valence-corrected chi connectivity index (χ2v) is 4.99. The third-order valence-corrected chi connectivity index (χ3v) is 2.64. The number of rotatable bonds is 5. The van der Waals surface area contributed by atoms with Gasteiger partial charge < -0.3 is 5.11 Å². The van der Waals surface area contributed by atoms with Crippen molar-refractivity contribution in [2.45, 2.75) is 39.1 Å². The van der Waals surface area contributed by atoms with Gasteiger partial charge in [0.2, 0.25) is 13.7 Å². The molecule has 0 bridgehead atoms. The van der Waals surface area contributed by atoms with Crippen LogP contribution in [0.3, 0.4) is 0 Å². The molecule has 96 valence electrons. The molecular weight excluding hydrogens is 225 g/mol. The predicted octanol–water partition coefficient (Wildman–Crippen LogP) is 1.32. The highest BCUT2D eigenvalue weighted by Crippen LogP contribution is 2.30. The van der Waals surface area contributed by atoms with E-state index in [1.165, 1.54) is 4.68 Å². The number of halogens is 2. The van der Waals surface area contributed by atoms with Crippen LogP contribution in [0.2, 0.25) is 0 Å². The molecule has 1 atom stereocenters. The summed E-state index contributed by atoms with van der Waals surface area (Å²) in [4.78, 5) is 0. The second kappa shape index (κ2) is 5.17. The summed E-state index contributed by atoms with van der Waals surface area (Å²) in [5, 5.41) is 12.9. The molecule has 3 nitrogen and oxygen atoms in total. The van der Waals surface area contributed by atoms with Crippen molar-refractivity contribution in [3.8, 4) is 0 Å². The summed E-state index contributed by atoms with van der Waals surface area (Å²) >= 11 is 0. The summed E-state index contributed by atoms with van der Waals surface area (Å²) in [7, 11) is 0.862. The van der Waals surface area contributed by atoms with Crippen molar-refractivity contribution >= 4 is 7.85 Å². The van der Waals surface area contributed by atoms with Crippen molar-refractivity contribution in [3.63, 3.8) is 0 Å². The fraction of sp³-hybridized carbons (Fsp3) is 0.727. The highest BCUT2D eigenvalue weighted by molar-refractivity contribution is 6.13. The van der Waals surface area contributed by atoms with E-state index in [0.717, 1.165) is 7.85 Å². The number of aromatic nitrogens is 2. The first-order valence-electron chi connectivity index (χ1n) is 5.82. The molecular formula is C11H19BF2N2O. The lowest BCUT2D eigenvalue weighted by atomic mass is 9.90. The first-order valence-corrected chi connectivity index (χ1v) is 5.82. The maximum atomic E-state index is 13.4. The van der Waals surface area contributed by atoms with E-state index in [1.807, 2.05) is 20.8 Å². The van der Waals surface area contributed by atoms with Gasteiger partial charge >= 0.3 is 0 Å². The van der Waals surface area contributed by atoms with Crippen molar-refractivity contribution in [3.05, 3.63) is 17.5 Å². The van der Waals surface area contributed by atoms with Crippen LogP contribution in [0.4, 0.5) is 8.78 Å². The van der Waals surface area contributed by atoms with Crippen LogP contribution in [0, 0.1) is 5.92 Å². The van der Waals surface area contributed by atoms with Crippen LogP contribution in [-0.2, 0) is 12.4 Å². The van der Waals surface area contributed by atoms with E-state index in [1.54, 1.807) is 6.20 Å². The highest BCUT2D eigenvalue weighted by Gasteiger charge is 2.32. The van der Waals surface area contributed by atoms with Gasteiger partial charge in [-0.15, -0.1) is 0 Å². The lowest BCUT2D eigenvalue weighted by molar-refractivity contribution is 0.0865. The third kappa shape index (κ3) is 3.53. The maximum absolute atomic E-state index is 13.4. The van der Waals surface area contributed by atoms with Crippen molar-refractivity contribution in [1.29, 1.82) is 0 Å². The molecule has 1 N–H and O–H groups in total. The zero-order valence-electron chi connectivity index (χ0n) is 10.7. The van der Waals surface area contributed by atoms with Gasteiger partial charge in [-0.05, 0) is 11.8 Å². The van der Waals surface area contributed by atoms with Gasteiger partial charge in [0.25, 0.3) is 0 Å². The van der Waals surface area contributed by atoms with Gasteiger partial charge in [0.1, 0.15) is 5.69 Å². The van der Waals surface area contributed by atoms with Crippen LogP contribution >= 0.6 is 0 Å². The van der Waals surface area contributed by atoms with Gasteiger partial charge in [0, 0.05) is 24.9 Å². The fourth-order valence-corrected chi connectivity index (χ4v) is 1.67. The summed E-state index contributed by atoms with van der Waals surface area (Å²) in [6.45, 7) is 6.06. The summed E-state index contributed by atoms with van der Waals surface area (Å²) in [6.07, 6.45) is 1.66. The molecule has 1 unspecified atom stereocenters. The summed E-state index contributed by atoms with van der Waals surface area (Å²) in [5.74, 6) is -2.91. The van der Waals surface area contributed by atoms with Crippen LogP contribution in [0.1, 0.15) is 37.9 Å². The first kappa shape index (κ1) is 14.2. The third-order valence-electron chi connectivity index (χ3n) is 2.64. The number of nitrogens with zero attached hydrogens (tertiary/aromatic N) is 2. The van der Waals surface area contributed by atoms with Gasteiger partial charge in [0.15, 0.2) is 0 Å². The minimum atomic E-state index is -2.92. The van der Waals surface area contributed by atoms with Crippen LogP contribution in [-0.4, -0.2) is 29.3 Å². The van der Waals surface area contributed by atoms with E-state index >= 15 is 0 Å². The molecule has 0 fully saturated rings. The molecule has 0 aliphatic heterocycles. The topological polar surface area (TPSA) is 38.0 Å². The number of hydrogen-bond acceptors (Lipinski definition) is 2. The van der Waals surface area contributed by atoms with Crippen LogP contribution in [0.5, 0.6) is 0 Å². The Labute approximate surface area is 101 Å². The zero-order valence-corrected chi connectivity index (χ0v) is 10.7. The Morgan fingerprint density at radius 2 is 2.06 bits per heavy atom. The molecule has 1 heterocycles. The van der Waals surface area contributed by atoms with E-state index in [2.05, 4.69) is 5.10 Å².